The summed E-state index contributed by atoms with van der Waals surface area (Å²) in [7, 11) is 1.59. The van der Waals surface area contributed by atoms with Crippen LogP contribution in [0.4, 0.5) is 17.3 Å². The fourth-order valence-electron chi connectivity index (χ4n) is 3.05. The Kier molecular flexibility index (Phi) is 6.59. The van der Waals surface area contributed by atoms with Crippen LogP contribution in [0.5, 0.6) is 0 Å². The lowest BCUT2D eigenvalue weighted by Gasteiger charge is -2.32. The van der Waals surface area contributed by atoms with Crippen LogP contribution in [0, 0.1) is 5.92 Å². The summed E-state index contributed by atoms with van der Waals surface area (Å²) in [5.74, 6) is 0.972. The average molecular weight is 369 g/mol. The van der Waals surface area contributed by atoms with Crippen molar-refractivity contribution in [2.45, 2.75) is 19.8 Å². The van der Waals surface area contributed by atoms with Gasteiger partial charge in [-0.1, -0.05) is 6.92 Å². The molecular weight excluding hydrogens is 342 g/mol. The molecule has 1 aromatic carbocycles. The summed E-state index contributed by atoms with van der Waals surface area (Å²) >= 11 is 0. The predicted molar refractivity (Wildman–Crippen MR) is 107 cm³/mol. The number of amides is 1. The maximum absolute atomic E-state index is 12.1. The zero-order chi connectivity index (χ0) is 19.1. The van der Waals surface area contributed by atoms with Gasteiger partial charge in [0.05, 0.1) is 6.61 Å². The maximum Gasteiger partial charge on any atom is 0.270 e. The highest BCUT2D eigenvalue weighted by Crippen LogP contribution is 2.24. The summed E-state index contributed by atoms with van der Waals surface area (Å²) in [6.07, 6.45) is 4.06. The molecule has 144 valence electrons. The van der Waals surface area contributed by atoms with E-state index in [0.717, 1.165) is 24.7 Å². The van der Waals surface area contributed by atoms with Crippen LogP contribution >= 0.6 is 0 Å². The van der Waals surface area contributed by atoms with E-state index in [2.05, 4.69) is 44.6 Å². The third-order valence-electron chi connectivity index (χ3n) is 4.75. The van der Waals surface area contributed by atoms with Crippen LogP contribution in [0.2, 0.25) is 0 Å². The van der Waals surface area contributed by atoms with Crippen LogP contribution in [-0.4, -0.2) is 49.2 Å². The number of aromatic nitrogens is 2. The minimum atomic E-state index is -0.243. The van der Waals surface area contributed by atoms with Crippen LogP contribution in [0.3, 0.4) is 0 Å². The standard InChI is InChI=1S/C20H27N5O2/c1-15-8-12-25(13-9-15)17-5-3-16(4-6-17)23-20-22-10-7-18(24-20)19(26)21-11-14-27-2/h3-7,10,15H,8-9,11-14H2,1-2H3,(H,21,26)(H,22,23,24). The molecule has 1 fully saturated rings. The van der Waals surface area contributed by atoms with E-state index in [9.17, 15) is 4.79 Å². The van der Waals surface area contributed by atoms with Crippen molar-refractivity contribution < 1.29 is 9.53 Å². The molecule has 7 nitrogen and oxygen atoms in total. The van der Waals surface area contributed by atoms with Crippen LogP contribution in [0.25, 0.3) is 0 Å². The number of carbonyl (C=O) groups is 1. The summed E-state index contributed by atoms with van der Waals surface area (Å²) < 4.78 is 4.93. The molecule has 2 aromatic rings. The number of ether oxygens (including phenoxy) is 1. The van der Waals surface area contributed by atoms with Crippen molar-refractivity contribution >= 4 is 23.2 Å². The number of anilines is 3. The van der Waals surface area contributed by atoms with Gasteiger partial charge in [0.2, 0.25) is 5.95 Å². The molecule has 0 unspecified atom stereocenters. The van der Waals surface area contributed by atoms with Gasteiger partial charge in [0.1, 0.15) is 5.69 Å². The molecule has 1 aliphatic rings. The molecule has 0 atom stereocenters. The molecule has 1 saturated heterocycles. The Morgan fingerprint density at radius 1 is 1.22 bits per heavy atom. The Hall–Kier alpha value is -2.67. The highest BCUT2D eigenvalue weighted by Gasteiger charge is 2.16. The number of hydrogen-bond donors (Lipinski definition) is 2. The van der Waals surface area contributed by atoms with Crippen molar-refractivity contribution in [2.24, 2.45) is 5.92 Å². The highest BCUT2D eigenvalue weighted by atomic mass is 16.5. The van der Waals surface area contributed by atoms with Crippen molar-refractivity contribution in [1.82, 2.24) is 15.3 Å². The second-order valence-electron chi connectivity index (χ2n) is 6.86. The first-order valence-electron chi connectivity index (χ1n) is 9.38. The van der Waals surface area contributed by atoms with Gasteiger partial charge in [0.25, 0.3) is 5.91 Å². The third-order valence-corrected chi connectivity index (χ3v) is 4.75. The number of nitrogens with zero attached hydrogens (tertiary/aromatic N) is 3. The number of nitrogens with one attached hydrogen (secondary N) is 2. The van der Waals surface area contributed by atoms with Crippen molar-refractivity contribution in [1.29, 1.82) is 0 Å². The normalized spacial score (nSPS) is 14.8. The molecule has 0 bridgehead atoms. The first-order chi connectivity index (χ1) is 13.2. The van der Waals surface area contributed by atoms with Crippen LogP contribution in [-0.2, 0) is 4.74 Å². The maximum atomic E-state index is 12.1. The summed E-state index contributed by atoms with van der Waals surface area (Å²) in [6.45, 7) is 5.44. The average Bonchev–Trinajstić information content (AvgIpc) is 2.70. The minimum absolute atomic E-state index is 0.243. The molecule has 3 rings (SSSR count). The zero-order valence-corrected chi connectivity index (χ0v) is 15.9. The summed E-state index contributed by atoms with van der Waals surface area (Å²) in [5, 5.41) is 5.91. The van der Waals surface area contributed by atoms with E-state index in [4.69, 9.17) is 4.74 Å². The number of piperidine rings is 1. The summed E-state index contributed by atoms with van der Waals surface area (Å²) in [4.78, 5) is 23.0. The van der Waals surface area contributed by atoms with E-state index >= 15 is 0 Å². The van der Waals surface area contributed by atoms with Crippen molar-refractivity contribution in [3.63, 3.8) is 0 Å². The number of methoxy groups -OCH3 is 1. The van der Waals surface area contributed by atoms with Gasteiger partial charge in [-0.05, 0) is 49.1 Å². The molecule has 1 aliphatic heterocycles. The largest absolute Gasteiger partial charge is 0.383 e. The van der Waals surface area contributed by atoms with Gasteiger partial charge in [-0.25, -0.2) is 9.97 Å². The molecule has 0 spiro atoms. The molecule has 0 radical (unpaired) electrons. The molecule has 27 heavy (non-hydrogen) atoms. The second-order valence-corrected chi connectivity index (χ2v) is 6.86. The smallest absolute Gasteiger partial charge is 0.270 e. The summed E-state index contributed by atoms with van der Waals surface area (Å²) in [5.41, 5.74) is 2.45. The Morgan fingerprint density at radius 2 is 1.96 bits per heavy atom. The molecule has 1 amide bonds. The Morgan fingerprint density at radius 3 is 2.67 bits per heavy atom. The van der Waals surface area contributed by atoms with Gasteiger partial charge in [-0.2, -0.15) is 0 Å². The van der Waals surface area contributed by atoms with Crippen LogP contribution < -0.4 is 15.5 Å². The van der Waals surface area contributed by atoms with E-state index in [-0.39, 0.29) is 5.91 Å². The number of rotatable bonds is 7. The lowest BCUT2D eigenvalue weighted by molar-refractivity contribution is 0.0932. The molecule has 0 saturated carbocycles. The zero-order valence-electron chi connectivity index (χ0n) is 15.9. The first kappa shape index (κ1) is 19.1. The number of benzene rings is 1. The first-order valence-corrected chi connectivity index (χ1v) is 9.38. The van der Waals surface area contributed by atoms with Crippen molar-refractivity contribution in [2.75, 3.05) is 43.6 Å². The van der Waals surface area contributed by atoms with Gasteiger partial charge >= 0.3 is 0 Å². The number of hydrogen-bond acceptors (Lipinski definition) is 6. The van der Waals surface area contributed by atoms with Gasteiger partial charge < -0.3 is 20.3 Å². The van der Waals surface area contributed by atoms with E-state index in [0.29, 0.717) is 24.8 Å². The molecule has 2 N–H and O–H groups in total. The topological polar surface area (TPSA) is 79.4 Å². The Labute approximate surface area is 160 Å². The third kappa shape index (κ3) is 5.40. The quantitative estimate of drug-likeness (QED) is 0.731. The van der Waals surface area contributed by atoms with E-state index in [1.807, 2.05) is 12.1 Å². The Balaban J connectivity index is 1.60. The molecule has 7 heteroatoms. The lowest BCUT2D eigenvalue weighted by Crippen LogP contribution is -2.32. The molecule has 0 aliphatic carbocycles. The van der Waals surface area contributed by atoms with Gasteiger partial charge in [0, 0.05) is 44.3 Å². The van der Waals surface area contributed by atoms with E-state index in [1.54, 1.807) is 19.4 Å². The predicted octanol–water partition coefficient (Wildman–Crippen LogP) is 2.83. The van der Waals surface area contributed by atoms with Crippen LogP contribution in [0.1, 0.15) is 30.3 Å². The second kappa shape index (κ2) is 9.32. The fourth-order valence-corrected chi connectivity index (χ4v) is 3.05. The van der Waals surface area contributed by atoms with Crippen molar-refractivity contribution in [3.8, 4) is 0 Å². The van der Waals surface area contributed by atoms with E-state index in [1.165, 1.54) is 18.5 Å². The summed E-state index contributed by atoms with van der Waals surface area (Å²) in [6, 6.07) is 9.84. The Bertz CT molecular complexity index is 742. The SMILES string of the molecule is COCCNC(=O)c1ccnc(Nc2ccc(N3CCC(C)CC3)cc2)n1. The van der Waals surface area contributed by atoms with Crippen LogP contribution in [0.15, 0.2) is 36.5 Å². The fraction of sp³-hybridized carbons (Fsp3) is 0.450. The molecular formula is C20H27N5O2. The highest BCUT2D eigenvalue weighted by molar-refractivity contribution is 5.92. The lowest BCUT2D eigenvalue weighted by atomic mass is 9.99. The monoisotopic (exact) mass is 369 g/mol. The van der Waals surface area contributed by atoms with Gasteiger partial charge in [0.15, 0.2) is 0 Å². The number of carbonyl (C=O) groups excluding carboxylic acids is 1. The van der Waals surface area contributed by atoms with Crippen molar-refractivity contribution in [3.05, 3.63) is 42.2 Å². The minimum Gasteiger partial charge on any atom is -0.383 e. The molecule has 1 aromatic heterocycles. The van der Waals surface area contributed by atoms with Gasteiger partial charge in [-0.3, -0.25) is 4.79 Å². The van der Waals surface area contributed by atoms with Gasteiger partial charge in [-0.15, -0.1) is 0 Å². The molecule has 2 heterocycles. The van der Waals surface area contributed by atoms with E-state index < -0.39 is 0 Å².